The molecule has 0 aromatic heterocycles. The number of rotatable bonds is 1. The first kappa shape index (κ1) is 7.10. The van der Waals surface area contributed by atoms with Gasteiger partial charge in [-0.05, 0) is 6.42 Å². The Morgan fingerprint density at radius 2 is 2.50 bits per heavy atom. The predicted octanol–water partition coefficient (Wildman–Crippen LogP) is -0.473. The van der Waals surface area contributed by atoms with Gasteiger partial charge in [0.15, 0.2) is 0 Å². The highest BCUT2D eigenvalue weighted by Crippen LogP contribution is 2.10. The van der Waals surface area contributed by atoms with Crippen LogP contribution in [0, 0.1) is 12.3 Å². The number of amides is 1. The normalized spacial score (nSPS) is 20.8. The SMILES string of the molecule is C#CC(N)N1CCCC1=O. The molecule has 3 heteroatoms. The number of nitrogens with zero attached hydrogens (tertiary/aromatic N) is 1. The molecule has 1 unspecified atom stereocenters. The minimum absolute atomic E-state index is 0.0745. The highest BCUT2D eigenvalue weighted by molar-refractivity contribution is 5.78. The van der Waals surface area contributed by atoms with Gasteiger partial charge in [0.25, 0.3) is 0 Å². The summed E-state index contributed by atoms with van der Waals surface area (Å²) in [7, 11) is 0. The van der Waals surface area contributed by atoms with Crippen molar-refractivity contribution in [1.82, 2.24) is 4.90 Å². The lowest BCUT2D eigenvalue weighted by atomic mass is 10.4. The molecule has 0 aromatic rings. The Morgan fingerprint density at radius 3 is 2.90 bits per heavy atom. The Balaban J connectivity index is 2.57. The van der Waals surface area contributed by atoms with E-state index in [-0.39, 0.29) is 5.91 Å². The monoisotopic (exact) mass is 138 g/mol. The average Bonchev–Trinajstić information content (AvgIpc) is 2.34. The lowest BCUT2D eigenvalue weighted by Crippen LogP contribution is -2.41. The fourth-order valence-electron chi connectivity index (χ4n) is 1.05. The third-order valence-corrected chi connectivity index (χ3v) is 1.62. The Labute approximate surface area is 60.2 Å². The van der Waals surface area contributed by atoms with Crippen molar-refractivity contribution in [2.45, 2.75) is 19.0 Å². The molecule has 54 valence electrons. The van der Waals surface area contributed by atoms with E-state index in [0.29, 0.717) is 13.0 Å². The van der Waals surface area contributed by atoms with Crippen LogP contribution in [0.25, 0.3) is 0 Å². The molecule has 1 heterocycles. The van der Waals surface area contributed by atoms with Gasteiger partial charge in [0.05, 0.1) is 0 Å². The fourth-order valence-corrected chi connectivity index (χ4v) is 1.05. The van der Waals surface area contributed by atoms with Crippen molar-refractivity contribution in [3.63, 3.8) is 0 Å². The van der Waals surface area contributed by atoms with Crippen molar-refractivity contribution in [2.24, 2.45) is 5.73 Å². The van der Waals surface area contributed by atoms with Crippen LogP contribution in [0.5, 0.6) is 0 Å². The van der Waals surface area contributed by atoms with E-state index in [2.05, 4.69) is 5.92 Å². The molecule has 1 aliphatic rings. The van der Waals surface area contributed by atoms with Crippen molar-refractivity contribution >= 4 is 5.91 Å². The molecule has 1 rings (SSSR count). The van der Waals surface area contributed by atoms with Gasteiger partial charge in [-0.1, -0.05) is 5.92 Å². The Morgan fingerprint density at radius 1 is 1.80 bits per heavy atom. The maximum absolute atomic E-state index is 10.9. The number of hydrogen-bond donors (Lipinski definition) is 1. The molecule has 0 saturated carbocycles. The quantitative estimate of drug-likeness (QED) is 0.498. The van der Waals surface area contributed by atoms with Crippen molar-refractivity contribution < 1.29 is 4.79 Å². The van der Waals surface area contributed by atoms with Crippen molar-refractivity contribution in [3.05, 3.63) is 0 Å². The lowest BCUT2D eigenvalue weighted by molar-refractivity contribution is -0.128. The number of likely N-dealkylation sites (tertiary alicyclic amines) is 1. The smallest absolute Gasteiger partial charge is 0.224 e. The Bertz CT molecular complexity index is 183. The van der Waals surface area contributed by atoms with Crippen molar-refractivity contribution in [3.8, 4) is 12.3 Å². The van der Waals surface area contributed by atoms with Gasteiger partial charge in [-0.3, -0.25) is 4.79 Å². The maximum Gasteiger partial charge on any atom is 0.224 e. The fraction of sp³-hybridized carbons (Fsp3) is 0.571. The second-order valence-corrected chi connectivity index (χ2v) is 2.30. The third kappa shape index (κ3) is 1.12. The van der Waals surface area contributed by atoms with Crippen LogP contribution in [-0.2, 0) is 4.79 Å². The van der Waals surface area contributed by atoms with Crippen LogP contribution in [0.15, 0.2) is 0 Å². The Hall–Kier alpha value is -1.01. The first-order chi connectivity index (χ1) is 4.75. The molecule has 3 nitrogen and oxygen atoms in total. The molecule has 0 spiro atoms. The maximum atomic E-state index is 10.9. The molecule has 1 amide bonds. The Kier molecular flexibility index (Phi) is 1.93. The molecule has 0 aliphatic carbocycles. The van der Waals surface area contributed by atoms with Crippen molar-refractivity contribution in [2.75, 3.05) is 6.54 Å². The van der Waals surface area contributed by atoms with Crippen LogP contribution in [-0.4, -0.2) is 23.5 Å². The number of hydrogen-bond acceptors (Lipinski definition) is 2. The van der Waals surface area contributed by atoms with Gasteiger partial charge in [0.1, 0.15) is 6.17 Å². The summed E-state index contributed by atoms with van der Waals surface area (Å²) >= 11 is 0. The minimum atomic E-state index is -0.519. The molecule has 1 atom stereocenters. The zero-order valence-electron chi connectivity index (χ0n) is 5.71. The highest BCUT2D eigenvalue weighted by atomic mass is 16.2. The van der Waals surface area contributed by atoms with E-state index in [0.717, 1.165) is 6.42 Å². The van der Waals surface area contributed by atoms with Gasteiger partial charge in [-0.15, -0.1) is 6.42 Å². The van der Waals surface area contributed by atoms with E-state index >= 15 is 0 Å². The number of carbonyl (C=O) groups is 1. The van der Waals surface area contributed by atoms with Gasteiger partial charge in [-0.25, -0.2) is 0 Å². The minimum Gasteiger partial charge on any atom is -0.316 e. The summed E-state index contributed by atoms with van der Waals surface area (Å²) in [5, 5.41) is 0. The first-order valence-corrected chi connectivity index (χ1v) is 3.27. The first-order valence-electron chi connectivity index (χ1n) is 3.27. The number of nitrogens with two attached hydrogens (primary N) is 1. The molecular weight excluding hydrogens is 128 g/mol. The van der Waals surface area contributed by atoms with Crippen LogP contribution in [0.2, 0.25) is 0 Å². The van der Waals surface area contributed by atoms with E-state index in [4.69, 9.17) is 12.2 Å². The molecule has 1 fully saturated rings. The lowest BCUT2D eigenvalue weighted by Gasteiger charge is -2.18. The zero-order chi connectivity index (χ0) is 7.56. The molecule has 0 bridgehead atoms. The summed E-state index contributed by atoms with van der Waals surface area (Å²) < 4.78 is 0. The van der Waals surface area contributed by atoms with Gasteiger partial charge >= 0.3 is 0 Å². The van der Waals surface area contributed by atoms with Gasteiger partial charge < -0.3 is 10.6 Å². The van der Waals surface area contributed by atoms with Crippen LogP contribution in [0.1, 0.15) is 12.8 Å². The van der Waals surface area contributed by atoms with E-state index in [9.17, 15) is 4.79 Å². The molecule has 0 aromatic carbocycles. The number of carbonyl (C=O) groups excluding carboxylic acids is 1. The molecular formula is C7H10N2O. The summed E-state index contributed by atoms with van der Waals surface area (Å²) in [4.78, 5) is 12.5. The zero-order valence-corrected chi connectivity index (χ0v) is 5.71. The standard InChI is InChI=1S/C7H10N2O/c1-2-6(8)9-5-3-4-7(9)10/h1,6H,3-5,8H2. The van der Waals surface area contributed by atoms with Gasteiger partial charge in [-0.2, -0.15) is 0 Å². The molecule has 2 N–H and O–H groups in total. The predicted molar refractivity (Wildman–Crippen MR) is 37.8 cm³/mol. The van der Waals surface area contributed by atoms with E-state index in [1.807, 2.05) is 0 Å². The van der Waals surface area contributed by atoms with Gasteiger partial charge in [0, 0.05) is 13.0 Å². The summed E-state index contributed by atoms with van der Waals surface area (Å²) in [6, 6.07) is 0. The molecule has 1 saturated heterocycles. The second kappa shape index (κ2) is 2.72. The molecule has 0 radical (unpaired) electrons. The summed E-state index contributed by atoms with van der Waals surface area (Å²) in [6.45, 7) is 0.712. The third-order valence-electron chi connectivity index (χ3n) is 1.62. The van der Waals surface area contributed by atoms with E-state index < -0.39 is 6.17 Å². The van der Waals surface area contributed by atoms with E-state index in [1.165, 1.54) is 4.90 Å². The van der Waals surface area contributed by atoms with Gasteiger partial charge in [0.2, 0.25) is 5.91 Å². The summed E-state index contributed by atoms with van der Waals surface area (Å²) in [5.41, 5.74) is 5.44. The van der Waals surface area contributed by atoms with Crippen LogP contribution < -0.4 is 5.73 Å². The van der Waals surface area contributed by atoms with Crippen molar-refractivity contribution in [1.29, 1.82) is 0 Å². The van der Waals surface area contributed by atoms with Crippen LogP contribution >= 0.6 is 0 Å². The summed E-state index contributed by atoms with van der Waals surface area (Å²) in [6.07, 6.45) is 6.00. The van der Waals surface area contributed by atoms with Crippen LogP contribution in [0.3, 0.4) is 0 Å². The van der Waals surface area contributed by atoms with E-state index in [1.54, 1.807) is 0 Å². The largest absolute Gasteiger partial charge is 0.316 e. The average molecular weight is 138 g/mol. The second-order valence-electron chi connectivity index (χ2n) is 2.30. The molecule has 1 aliphatic heterocycles. The topological polar surface area (TPSA) is 46.3 Å². The summed E-state index contributed by atoms with van der Waals surface area (Å²) in [5.74, 6) is 2.39. The molecule has 10 heavy (non-hydrogen) atoms. The highest BCUT2D eigenvalue weighted by Gasteiger charge is 2.23. The van der Waals surface area contributed by atoms with Crippen LogP contribution in [0.4, 0.5) is 0 Å². The number of terminal acetylenes is 1.